The van der Waals surface area contributed by atoms with Crippen LogP contribution in [0.1, 0.15) is 43.8 Å². The van der Waals surface area contributed by atoms with Gasteiger partial charge in [0, 0.05) is 11.6 Å². The Labute approximate surface area is 157 Å². The van der Waals surface area contributed by atoms with Gasteiger partial charge in [0.15, 0.2) is 11.4 Å². The van der Waals surface area contributed by atoms with Gasteiger partial charge in [-0.3, -0.25) is 19.3 Å². The first-order valence-corrected chi connectivity index (χ1v) is 8.71. The van der Waals surface area contributed by atoms with Gasteiger partial charge >= 0.3 is 0 Å². The monoisotopic (exact) mass is 370 g/mol. The summed E-state index contributed by atoms with van der Waals surface area (Å²) in [5.41, 5.74) is -0.387. The lowest BCUT2D eigenvalue weighted by atomic mass is 10.0. The van der Waals surface area contributed by atoms with Crippen molar-refractivity contribution in [3.8, 4) is 5.75 Å². The van der Waals surface area contributed by atoms with Crippen molar-refractivity contribution in [1.82, 2.24) is 5.32 Å². The van der Waals surface area contributed by atoms with Gasteiger partial charge in [0.25, 0.3) is 5.91 Å². The zero-order chi connectivity index (χ0) is 19.8. The smallest absolute Gasteiger partial charge is 0.271 e. The van der Waals surface area contributed by atoms with E-state index in [2.05, 4.69) is 5.32 Å². The number of ether oxygens (including phenoxy) is 1. The molecule has 2 aromatic rings. The lowest BCUT2D eigenvalue weighted by Crippen LogP contribution is -2.55. The molecular weight excluding hydrogens is 348 g/mol. The van der Waals surface area contributed by atoms with Crippen LogP contribution in [-0.4, -0.2) is 35.8 Å². The highest BCUT2D eigenvalue weighted by Crippen LogP contribution is 2.38. The Morgan fingerprint density at radius 3 is 2.59 bits per heavy atom. The highest BCUT2D eigenvalue weighted by molar-refractivity contribution is 6.10. The Morgan fingerprint density at radius 2 is 1.96 bits per heavy atom. The Balaban J connectivity index is 1.99. The average Bonchev–Trinajstić information content (AvgIpc) is 3.11. The number of anilines is 1. The summed E-state index contributed by atoms with van der Waals surface area (Å²) < 4.78 is 10.9. The largest absolute Gasteiger partial charge is 0.476 e. The normalized spacial score (nSPS) is 15.3. The number of rotatable bonds is 5. The fourth-order valence-electron chi connectivity index (χ4n) is 2.93. The third-order valence-electron chi connectivity index (χ3n) is 4.13. The second-order valence-electron chi connectivity index (χ2n) is 7.21. The van der Waals surface area contributed by atoms with Crippen LogP contribution >= 0.6 is 0 Å². The summed E-state index contributed by atoms with van der Waals surface area (Å²) in [6, 6.07) is 7.95. The summed E-state index contributed by atoms with van der Waals surface area (Å²) in [7, 11) is 0. The van der Waals surface area contributed by atoms with Gasteiger partial charge in [-0.25, -0.2) is 0 Å². The molecule has 0 saturated carbocycles. The van der Waals surface area contributed by atoms with Crippen LogP contribution in [-0.2, 0) is 9.59 Å². The molecule has 7 nitrogen and oxygen atoms in total. The molecule has 3 rings (SSSR count). The fraction of sp³-hybridized carbons (Fsp3) is 0.350. The molecule has 7 heteroatoms. The second-order valence-corrected chi connectivity index (χ2v) is 7.21. The van der Waals surface area contributed by atoms with Crippen molar-refractivity contribution < 1.29 is 23.5 Å². The van der Waals surface area contributed by atoms with Gasteiger partial charge in [0.1, 0.15) is 12.3 Å². The minimum atomic E-state index is -1.11. The lowest BCUT2D eigenvalue weighted by molar-refractivity contribution is -0.134. The number of amides is 2. The molecule has 1 N–H and O–H groups in total. The van der Waals surface area contributed by atoms with Crippen LogP contribution in [0.4, 0.5) is 5.69 Å². The summed E-state index contributed by atoms with van der Waals surface area (Å²) in [6.45, 7) is 6.82. The second kappa shape index (κ2) is 6.90. The molecule has 1 aliphatic rings. The standard InChI is InChI=1S/C20H22N2O5/c1-12(2)21-17(23)11-22-14-10-13(18(24)16-6-5-9-26-16)7-8-15(14)27-20(3,4)19(22)25/h5-10,12H,11H2,1-4H3,(H,21,23). The minimum absolute atomic E-state index is 0.0482. The van der Waals surface area contributed by atoms with E-state index in [9.17, 15) is 14.4 Å². The molecule has 1 aliphatic heterocycles. The molecule has 0 saturated heterocycles. The van der Waals surface area contributed by atoms with E-state index in [-0.39, 0.29) is 35.9 Å². The average molecular weight is 370 g/mol. The van der Waals surface area contributed by atoms with E-state index >= 15 is 0 Å². The van der Waals surface area contributed by atoms with Crippen molar-refractivity contribution in [3.05, 3.63) is 47.9 Å². The summed E-state index contributed by atoms with van der Waals surface area (Å²) >= 11 is 0. The lowest BCUT2D eigenvalue weighted by Gasteiger charge is -2.38. The Kier molecular flexibility index (Phi) is 4.78. The van der Waals surface area contributed by atoms with E-state index in [1.165, 1.54) is 11.2 Å². The maximum Gasteiger partial charge on any atom is 0.271 e. The van der Waals surface area contributed by atoms with Crippen molar-refractivity contribution in [1.29, 1.82) is 0 Å². The predicted molar refractivity (Wildman–Crippen MR) is 98.9 cm³/mol. The molecular formula is C20H22N2O5. The molecule has 2 amide bonds. The summed E-state index contributed by atoms with van der Waals surface area (Å²) in [6.07, 6.45) is 1.42. The van der Waals surface area contributed by atoms with Gasteiger partial charge in [-0.05, 0) is 58.0 Å². The molecule has 142 valence electrons. The van der Waals surface area contributed by atoms with E-state index in [4.69, 9.17) is 9.15 Å². The molecule has 27 heavy (non-hydrogen) atoms. The Hall–Kier alpha value is -3.09. The van der Waals surface area contributed by atoms with Crippen molar-refractivity contribution in [2.24, 2.45) is 0 Å². The topological polar surface area (TPSA) is 88.9 Å². The van der Waals surface area contributed by atoms with Crippen molar-refractivity contribution >= 4 is 23.3 Å². The first-order valence-electron chi connectivity index (χ1n) is 8.71. The van der Waals surface area contributed by atoms with Crippen LogP contribution in [0, 0.1) is 0 Å². The van der Waals surface area contributed by atoms with Crippen LogP contribution in [0.15, 0.2) is 41.0 Å². The first-order chi connectivity index (χ1) is 12.7. The summed E-state index contributed by atoms with van der Waals surface area (Å²) in [5.74, 6) is -0.316. The number of nitrogens with zero attached hydrogens (tertiary/aromatic N) is 1. The zero-order valence-corrected chi connectivity index (χ0v) is 15.7. The summed E-state index contributed by atoms with van der Waals surface area (Å²) in [4.78, 5) is 39.0. The van der Waals surface area contributed by atoms with Crippen LogP contribution < -0.4 is 15.0 Å². The molecule has 2 heterocycles. The maximum absolute atomic E-state index is 12.9. The van der Waals surface area contributed by atoms with Gasteiger partial charge < -0.3 is 14.5 Å². The molecule has 1 aromatic carbocycles. The molecule has 0 spiro atoms. The molecule has 1 aromatic heterocycles. The van der Waals surface area contributed by atoms with Gasteiger partial charge in [-0.2, -0.15) is 0 Å². The van der Waals surface area contributed by atoms with Crippen LogP contribution in [0.25, 0.3) is 0 Å². The fourth-order valence-corrected chi connectivity index (χ4v) is 2.93. The van der Waals surface area contributed by atoms with Crippen molar-refractivity contribution in [2.45, 2.75) is 39.3 Å². The molecule has 0 unspecified atom stereocenters. The van der Waals surface area contributed by atoms with E-state index in [1.54, 1.807) is 44.2 Å². The van der Waals surface area contributed by atoms with E-state index in [0.29, 0.717) is 17.0 Å². The third-order valence-corrected chi connectivity index (χ3v) is 4.13. The Morgan fingerprint density at radius 1 is 1.22 bits per heavy atom. The predicted octanol–water partition coefficient (Wildman–Crippen LogP) is 2.54. The zero-order valence-electron chi connectivity index (χ0n) is 15.7. The van der Waals surface area contributed by atoms with Gasteiger partial charge in [0.2, 0.25) is 11.7 Å². The summed E-state index contributed by atoms with van der Waals surface area (Å²) in [5, 5.41) is 2.77. The molecule has 0 atom stereocenters. The number of nitrogens with one attached hydrogen (secondary N) is 1. The molecule has 0 radical (unpaired) electrons. The number of carbonyl (C=O) groups excluding carboxylic acids is 3. The quantitative estimate of drug-likeness (QED) is 0.817. The van der Waals surface area contributed by atoms with Crippen molar-refractivity contribution in [3.63, 3.8) is 0 Å². The molecule has 0 aliphatic carbocycles. The van der Waals surface area contributed by atoms with Gasteiger partial charge in [-0.15, -0.1) is 0 Å². The number of carbonyl (C=O) groups is 3. The number of hydrogen-bond acceptors (Lipinski definition) is 5. The molecule has 0 fully saturated rings. The van der Waals surface area contributed by atoms with Crippen molar-refractivity contribution in [2.75, 3.05) is 11.4 Å². The highest BCUT2D eigenvalue weighted by Gasteiger charge is 2.42. The van der Waals surface area contributed by atoms with Gasteiger partial charge in [0.05, 0.1) is 12.0 Å². The SMILES string of the molecule is CC(C)NC(=O)CN1C(=O)C(C)(C)Oc2ccc(C(=O)c3ccco3)cc21. The van der Waals surface area contributed by atoms with Crippen LogP contribution in [0.5, 0.6) is 5.75 Å². The number of fused-ring (bicyclic) bond motifs is 1. The number of ketones is 1. The number of furan rings is 1. The van der Waals surface area contributed by atoms with Crippen LogP contribution in [0.3, 0.4) is 0 Å². The van der Waals surface area contributed by atoms with E-state index in [1.807, 2.05) is 13.8 Å². The minimum Gasteiger partial charge on any atom is -0.476 e. The third kappa shape index (κ3) is 3.72. The maximum atomic E-state index is 12.9. The molecule has 0 bridgehead atoms. The van der Waals surface area contributed by atoms with Crippen LogP contribution in [0.2, 0.25) is 0 Å². The highest BCUT2D eigenvalue weighted by atomic mass is 16.5. The van der Waals surface area contributed by atoms with Gasteiger partial charge in [-0.1, -0.05) is 0 Å². The van der Waals surface area contributed by atoms with E-state index < -0.39 is 5.60 Å². The Bertz CT molecular complexity index is 884. The number of benzene rings is 1. The number of hydrogen-bond donors (Lipinski definition) is 1. The first kappa shape index (κ1) is 18.7. The van der Waals surface area contributed by atoms with E-state index in [0.717, 1.165) is 0 Å².